The first-order valence-electron chi connectivity index (χ1n) is 5.87. The Hall–Kier alpha value is -0.820. The fourth-order valence-electron chi connectivity index (χ4n) is 2.09. The molecule has 0 aromatic heterocycles. The van der Waals surface area contributed by atoms with Gasteiger partial charge in [0.05, 0.1) is 0 Å². The Kier molecular flexibility index (Phi) is 4.00. The first-order valence-corrected chi connectivity index (χ1v) is 7.00. The number of rotatable bonds is 4. The number of hydrogen-bond donors (Lipinski definition) is 0. The largest absolute Gasteiger partial charge is 0.0925 e. The van der Waals surface area contributed by atoms with Gasteiger partial charge in [0, 0.05) is 5.33 Å². The molecule has 0 N–H and O–H groups in total. The smallest absolute Gasteiger partial charge is 0.00627 e. The van der Waals surface area contributed by atoms with Gasteiger partial charge in [0.2, 0.25) is 0 Å². The molecular formula is C15H17Br. The average molecular weight is 277 g/mol. The van der Waals surface area contributed by atoms with Crippen molar-refractivity contribution in [3.8, 4) is 0 Å². The normalized spacial score (nSPS) is 12.9. The van der Waals surface area contributed by atoms with Gasteiger partial charge in [0.15, 0.2) is 0 Å². The molecule has 1 unspecified atom stereocenters. The molecule has 0 bridgehead atoms. The van der Waals surface area contributed by atoms with Crippen molar-refractivity contribution in [3.63, 3.8) is 0 Å². The molecule has 0 spiro atoms. The topological polar surface area (TPSA) is 0 Å². The van der Waals surface area contributed by atoms with Crippen LogP contribution < -0.4 is 0 Å². The Morgan fingerprint density at radius 1 is 1.06 bits per heavy atom. The summed E-state index contributed by atoms with van der Waals surface area (Å²) in [5.41, 5.74) is 1.48. The third kappa shape index (κ3) is 2.46. The van der Waals surface area contributed by atoms with E-state index >= 15 is 0 Å². The Morgan fingerprint density at radius 2 is 1.81 bits per heavy atom. The second-order valence-electron chi connectivity index (χ2n) is 4.27. The van der Waals surface area contributed by atoms with Gasteiger partial charge in [-0.05, 0) is 28.7 Å². The molecule has 0 amide bonds. The van der Waals surface area contributed by atoms with Crippen LogP contribution in [0.25, 0.3) is 10.8 Å². The molecule has 2 rings (SSSR count). The summed E-state index contributed by atoms with van der Waals surface area (Å²) >= 11 is 3.60. The minimum atomic E-state index is 0.741. The number of halogens is 1. The number of benzene rings is 2. The fourth-order valence-corrected chi connectivity index (χ4v) is 2.78. The number of hydrogen-bond acceptors (Lipinski definition) is 0. The molecule has 0 heterocycles. The van der Waals surface area contributed by atoms with Crippen LogP contribution in [0.2, 0.25) is 0 Å². The summed E-state index contributed by atoms with van der Waals surface area (Å²) in [7, 11) is 0. The molecule has 0 aliphatic heterocycles. The third-order valence-corrected chi connectivity index (χ3v) is 4.10. The summed E-state index contributed by atoms with van der Waals surface area (Å²) in [5, 5.41) is 3.85. The first-order chi connectivity index (χ1) is 7.85. The van der Waals surface area contributed by atoms with Gasteiger partial charge in [-0.2, -0.15) is 0 Å². The monoisotopic (exact) mass is 276 g/mol. The van der Waals surface area contributed by atoms with Gasteiger partial charge in [0.1, 0.15) is 0 Å². The minimum Gasteiger partial charge on any atom is -0.0925 e. The predicted octanol–water partition coefficient (Wildman–Crippen LogP) is 4.80. The maximum Gasteiger partial charge on any atom is 0.00627 e. The van der Waals surface area contributed by atoms with E-state index in [-0.39, 0.29) is 0 Å². The van der Waals surface area contributed by atoms with Crippen LogP contribution in [0.1, 0.15) is 18.9 Å². The summed E-state index contributed by atoms with van der Waals surface area (Å²) < 4.78 is 0. The molecule has 0 saturated carbocycles. The van der Waals surface area contributed by atoms with Crippen LogP contribution in [-0.2, 0) is 6.42 Å². The van der Waals surface area contributed by atoms with Crippen LogP contribution in [0.5, 0.6) is 0 Å². The Balaban J connectivity index is 2.36. The third-order valence-electron chi connectivity index (χ3n) is 3.18. The van der Waals surface area contributed by atoms with Crippen molar-refractivity contribution in [1.29, 1.82) is 0 Å². The van der Waals surface area contributed by atoms with Crippen molar-refractivity contribution < 1.29 is 0 Å². The van der Waals surface area contributed by atoms with E-state index in [2.05, 4.69) is 65.3 Å². The van der Waals surface area contributed by atoms with E-state index in [4.69, 9.17) is 0 Å². The molecule has 0 fully saturated rings. The van der Waals surface area contributed by atoms with E-state index in [1.165, 1.54) is 29.2 Å². The summed E-state index contributed by atoms with van der Waals surface area (Å²) in [4.78, 5) is 0. The quantitative estimate of drug-likeness (QED) is 0.704. The Labute approximate surface area is 106 Å². The lowest BCUT2D eigenvalue weighted by atomic mass is 9.94. The molecule has 2 aromatic rings. The number of fused-ring (bicyclic) bond motifs is 1. The molecular weight excluding hydrogens is 260 g/mol. The molecule has 84 valence electrons. The SMILES string of the molecule is CCC(CBr)Cc1cccc2ccccc12. The standard InChI is InChI=1S/C15H17Br/c1-2-12(11-16)10-14-8-5-7-13-6-3-4-9-15(13)14/h3-9,12H,2,10-11H2,1H3. The second-order valence-corrected chi connectivity index (χ2v) is 4.92. The zero-order valence-corrected chi connectivity index (χ0v) is 11.2. The van der Waals surface area contributed by atoms with E-state index in [1.54, 1.807) is 0 Å². The van der Waals surface area contributed by atoms with Crippen LogP contribution in [0, 0.1) is 5.92 Å². The molecule has 0 aliphatic carbocycles. The Bertz CT molecular complexity index is 452. The molecule has 16 heavy (non-hydrogen) atoms. The van der Waals surface area contributed by atoms with E-state index in [1.807, 2.05) is 0 Å². The van der Waals surface area contributed by atoms with Crippen molar-refractivity contribution in [3.05, 3.63) is 48.0 Å². The van der Waals surface area contributed by atoms with E-state index in [0.717, 1.165) is 11.2 Å². The van der Waals surface area contributed by atoms with Crippen molar-refractivity contribution in [2.24, 2.45) is 5.92 Å². The zero-order valence-electron chi connectivity index (χ0n) is 9.62. The van der Waals surface area contributed by atoms with Crippen molar-refractivity contribution >= 4 is 26.7 Å². The van der Waals surface area contributed by atoms with E-state index in [0.29, 0.717) is 0 Å². The van der Waals surface area contributed by atoms with Gasteiger partial charge in [-0.1, -0.05) is 71.7 Å². The van der Waals surface area contributed by atoms with Crippen molar-refractivity contribution in [1.82, 2.24) is 0 Å². The van der Waals surface area contributed by atoms with Crippen LogP contribution in [0.3, 0.4) is 0 Å². The highest BCUT2D eigenvalue weighted by Crippen LogP contribution is 2.23. The van der Waals surface area contributed by atoms with Crippen molar-refractivity contribution in [2.45, 2.75) is 19.8 Å². The maximum absolute atomic E-state index is 3.60. The zero-order chi connectivity index (χ0) is 11.4. The van der Waals surface area contributed by atoms with Gasteiger partial charge in [-0.3, -0.25) is 0 Å². The fraction of sp³-hybridized carbons (Fsp3) is 0.333. The molecule has 0 aliphatic rings. The van der Waals surface area contributed by atoms with Gasteiger partial charge < -0.3 is 0 Å². The minimum absolute atomic E-state index is 0.741. The van der Waals surface area contributed by atoms with Crippen LogP contribution in [-0.4, -0.2) is 5.33 Å². The number of alkyl halides is 1. The predicted molar refractivity (Wildman–Crippen MR) is 75.2 cm³/mol. The average Bonchev–Trinajstić information content (AvgIpc) is 2.36. The van der Waals surface area contributed by atoms with Crippen LogP contribution >= 0.6 is 15.9 Å². The molecule has 2 aromatic carbocycles. The second kappa shape index (κ2) is 5.49. The van der Waals surface area contributed by atoms with Crippen LogP contribution in [0.15, 0.2) is 42.5 Å². The highest BCUT2D eigenvalue weighted by Gasteiger charge is 2.07. The summed E-state index contributed by atoms with van der Waals surface area (Å²) in [6, 6.07) is 15.3. The molecule has 0 nitrogen and oxygen atoms in total. The molecule has 1 atom stereocenters. The lowest BCUT2D eigenvalue weighted by molar-refractivity contribution is 0.576. The highest BCUT2D eigenvalue weighted by molar-refractivity contribution is 9.09. The van der Waals surface area contributed by atoms with Gasteiger partial charge in [-0.25, -0.2) is 0 Å². The van der Waals surface area contributed by atoms with E-state index in [9.17, 15) is 0 Å². The summed E-state index contributed by atoms with van der Waals surface area (Å²) in [5.74, 6) is 0.741. The Morgan fingerprint density at radius 3 is 2.56 bits per heavy atom. The lowest BCUT2D eigenvalue weighted by Crippen LogP contribution is -2.04. The summed E-state index contributed by atoms with van der Waals surface area (Å²) in [6.45, 7) is 2.26. The van der Waals surface area contributed by atoms with Gasteiger partial charge in [0.25, 0.3) is 0 Å². The molecule has 0 saturated heterocycles. The van der Waals surface area contributed by atoms with E-state index < -0.39 is 0 Å². The van der Waals surface area contributed by atoms with Gasteiger partial charge >= 0.3 is 0 Å². The molecule has 1 heteroatoms. The maximum atomic E-state index is 3.60. The van der Waals surface area contributed by atoms with Crippen molar-refractivity contribution in [2.75, 3.05) is 5.33 Å². The van der Waals surface area contributed by atoms with Crippen LogP contribution in [0.4, 0.5) is 0 Å². The first kappa shape index (κ1) is 11.7. The highest BCUT2D eigenvalue weighted by atomic mass is 79.9. The summed E-state index contributed by atoms with van der Waals surface area (Å²) in [6.07, 6.45) is 2.40. The van der Waals surface area contributed by atoms with Gasteiger partial charge in [-0.15, -0.1) is 0 Å². The lowest BCUT2D eigenvalue weighted by Gasteiger charge is -2.13. The molecule has 0 radical (unpaired) electrons.